The van der Waals surface area contributed by atoms with Crippen LogP contribution in [-0.4, -0.2) is 43.2 Å². The number of amides is 1. The van der Waals surface area contributed by atoms with Crippen LogP contribution >= 0.6 is 24.2 Å². The van der Waals surface area contributed by atoms with Gasteiger partial charge in [-0.1, -0.05) is 17.7 Å². The quantitative estimate of drug-likeness (QED) is 0.848. The van der Waals surface area contributed by atoms with Crippen LogP contribution in [0, 0.1) is 12.8 Å². The van der Waals surface area contributed by atoms with Crippen molar-refractivity contribution < 1.29 is 4.79 Å². The summed E-state index contributed by atoms with van der Waals surface area (Å²) in [5.74, 6) is 1.44. The standard InChI is InChI=1S/C15H22N2OS.ClH/c1-12-3-5-14(6-4-12)19-11-15(18)17-8-7-13(10-17)9-16-2;/h3-6,13,16H,7-11H2,1-2H3;1H. The summed E-state index contributed by atoms with van der Waals surface area (Å²) in [5.41, 5.74) is 1.25. The van der Waals surface area contributed by atoms with E-state index < -0.39 is 0 Å². The van der Waals surface area contributed by atoms with E-state index in [1.807, 2.05) is 11.9 Å². The van der Waals surface area contributed by atoms with Gasteiger partial charge in [-0.2, -0.15) is 0 Å². The summed E-state index contributed by atoms with van der Waals surface area (Å²) in [6.45, 7) is 4.91. The third-order valence-corrected chi connectivity index (χ3v) is 4.51. The minimum atomic E-state index is 0. The number of rotatable bonds is 5. The van der Waals surface area contributed by atoms with Crippen LogP contribution in [0.1, 0.15) is 12.0 Å². The van der Waals surface area contributed by atoms with Crippen LogP contribution in [0.4, 0.5) is 0 Å². The SMILES string of the molecule is CNCC1CCN(C(=O)CSc2ccc(C)cc2)C1.Cl. The number of benzene rings is 1. The van der Waals surface area contributed by atoms with Crippen molar-refractivity contribution >= 4 is 30.1 Å². The van der Waals surface area contributed by atoms with Gasteiger partial charge in [0.2, 0.25) is 5.91 Å². The molecule has 1 saturated heterocycles. The number of nitrogens with one attached hydrogen (secondary N) is 1. The highest BCUT2D eigenvalue weighted by Gasteiger charge is 2.25. The Labute approximate surface area is 131 Å². The van der Waals surface area contributed by atoms with Crippen LogP contribution in [0.2, 0.25) is 0 Å². The average Bonchev–Trinajstić information content (AvgIpc) is 2.87. The van der Waals surface area contributed by atoms with Crippen LogP contribution in [0.25, 0.3) is 0 Å². The zero-order valence-electron chi connectivity index (χ0n) is 12.1. The number of likely N-dealkylation sites (tertiary alicyclic amines) is 1. The monoisotopic (exact) mass is 314 g/mol. The van der Waals surface area contributed by atoms with Gasteiger partial charge in [-0.05, 0) is 45.0 Å². The molecule has 1 unspecified atom stereocenters. The highest BCUT2D eigenvalue weighted by molar-refractivity contribution is 8.00. The Hall–Kier alpha value is -0.710. The van der Waals surface area contributed by atoms with Crippen molar-refractivity contribution in [3.8, 4) is 0 Å². The first-order valence-electron chi connectivity index (χ1n) is 6.81. The van der Waals surface area contributed by atoms with Crippen LogP contribution in [-0.2, 0) is 4.79 Å². The Bertz CT molecular complexity index is 424. The van der Waals surface area contributed by atoms with E-state index in [0.717, 1.165) is 26.1 Å². The number of hydrogen-bond acceptors (Lipinski definition) is 3. The van der Waals surface area contributed by atoms with Crippen LogP contribution in [0.5, 0.6) is 0 Å². The predicted octanol–water partition coefficient (Wildman–Crippen LogP) is 2.58. The molecule has 0 radical (unpaired) electrons. The van der Waals surface area contributed by atoms with Crippen molar-refractivity contribution in [2.45, 2.75) is 18.2 Å². The van der Waals surface area contributed by atoms with Crippen LogP contribution < -0.4 is 5.32 Å². The van der Waals surface area contributed by atoms with Gasteiger partial charge in [0.05, 0.1) is 5.75 Å². The number of hydrogen-bond donors (Lipinski definition) is 1. The van der Waals surface area contributed by atoms with Gasteiger partial charge >= 0.3 is 0 Å². The Morgan fingerprint density at radius 1 is 1.40 bits per heavy atom. The molecule has 1 aromatic carbocycles. The molecule has 112 valence electrons. The lowest BCUT2D eigenvalue weighted by molar-refractivity contribution is -0.127. The minimum Gasteiger partial charge on any atom is -0.342 e. The molecule has 1 N–H and O–H groups in total. The summed E-state index contributed by atoms with van der Waals surface area (Å²) in [6.07, 6.45) is 1.13. The van der Waals surface area contributed by atoms with E-state index in [2.05, 4.69) is 36.5 Å². The van der Waals surface area contributed by atoms with E-state index in [0.29, 0.717) is 11.7 Å². The Kier molecular flexibility index (Phi) is 7.41. The van der Waals surface area contributed by atoms with Crippen LogP contribution in [0.15, 0.2) is 29.2 Å². The molecule has 3 nitrogen and oxygen atoms in total. The van der Waals surface area contributed by atoms with Crippen molar-refractivity contribution in [3.63, 3.8) is 0 Å². The van der Waals surface area contributed by atoms with Crippen molar-refractivity contribution in [3.05, 3.63) is 29.8 Å². The fourth-order valence-electron chi connectivity index (χ4n) is 2.39. The molecule has 0 aromatic heterocycles. The summed E-state index contributed by atoms with van der Waals surface area (Å²) >= 11 is 1.63. The lowest BCUT2D eigenvalue weighted by Crippen LogP contribution is -2.31. The Balaban J connectivity index is 0.00000200. The molecule has 0 bridgehead atoms. The van der Waals surface area contributed by atoms with E-state index in [4.69, 9.17) is 0 Å². The fraction of sp³-hybridized carbons (Fsp3) is 0.533. The van der Waals surface area contributed by atoms with E-state index >= 15 is 0 Å². The third kappa shape index (κ3) is 5.00. The molecule has 1 aliphatic rings. The molecule has 1 heterocycles. The lowest BCUT2D eigenvalue weighted by Gasteiger charge is -2.16. The van der Waals surface area contributed by atoms with E-state index in [1.54, 1.807) is 11.8 Å². The minimum absolute atomic E-state index is 0. The van der Waals surface area contributed by atoms with Gasteiger partial charge in [0.1, 0.15) is 0 Å². The maximum absolute atomic E-state index is 12.1. The number of carbonyl (C=O) groups is 1. The highest BCUT2D eigenvalue weighted by atomic mass is 35.5. The van der Waals surface area contributed by atoms with E-state index in [9.17, 15) is 4.79 Å². The maximum atomic E-state index is 12.1. The van der Waals surface area contributed by atoms with Gasteiger partial charge in [0.15, 0.2) is 0 Å². The topological polar surface area (TPSA) is 32.3 Å². The fourth-order valence-corrected chi connectivity index (χ4v) is 3.19. The molecule has 1 amide bonds. The molecular weight excluding hydrogens is 292 g/mol. The van der Waals surface area contributed by atoms with Gasteiger partial charge in [0.25, 0.3) is 0 Å². The first-order chi connectivity index (χ1) is 9.19. The summed E-state index contributed by atoms with van der Waals surface area (Å²) in [4.78, 5) is 15.3. The normalized spacial score (nSPS) is 17.9. The number of thioether (sulfide) groups is 1. The van der Waals surface area contributed by atoms with Crippen molar-refractivity contribution in [1.29, 1.82) is 0 Å². The molecule has 0 spiro atoms. The predicted molar refractivity (Wildman–Crippen MR) is 87.8 cm³/mol. The number of nitrogens with zero attached hydrogens (tertiary/aromatic N) is 1. The number of aryl methyl sites for hydroxylation is 1. The lowest BCUT2D eigenvalue weighted by atomic mass is 10.1. The molecule has 1 atom stereocenters. The number of halogens is 1. The van der Waals surface area contributed by atoms with Gasteiger partial charge < -0.3 is 10.2 Å². The Morgan fingerprint density at radius 2 is 2.10 bits per heavy atom. The van der Waals surface area contributed by atoms with E-state index in [1.165, 1.54) is 10.5 Å². The molecule has 1 aliphatic heterocycles. The molecule has 1 aromatic rings. The largest absolute Gasteiger partial charge is 0.342 e. The van der Waals surface area contributed by atoms with Crippen molar-refractivity contribution in [2.24, 2.45) is 5.92 Å². The van der Waals surface area contributed by atoms with E-state index in [-0.39, 0.29) is 18.3 Å². The second kappa shape index (κ2) is 8.55. The second-order valence-corrected chi connectivity index (χ2v) is 6.20. The van der Waals surface area contributed by atoms with Gasteiger partial charge in [-0.25, -0.2) is 0 Å². The molecule has 0 aliphatic carbocycles. The highest BCUT2D eigenvalue weighted by Crippen LogP contribution is 2.21. The zero-order chi connectivity index (χ0) is 13.7. The molecule has 0 saturated carbocycles. The third-order valence-electron chi connectivity index (χ3n) is 3.51. The Morgan fingerprint density at radius 3 is 2.75 bits per heavy atom. The second-order valence-electron chi connectivity index (χ2n) is 5.15. The smallest absolute Gasteiger partial charge is 0.232 e. The molecule has 2 rings (SSSR count). The molecular formula is C15H23ClN2OS. The molecule has 1 fully saturated rings. The number of carbonyl (C=O) groups excluding carboxylic acids is 1. The zero-order valence-corrected chi connectivity index (χ0v) is 13.7. The van der Waals surface area contributed by atoms with Crippen molar-refractivity contribution in [1.82, 2.24) is 10.2 Å². The molecule has 5 heteroatoms. The first-order valence-corrected chi connectivity index (χ1v) is 7.79. The summed E-state index contributed by atoms with van der Waals surface area (Å²) < 4.78 is 0. The van der Waals surface area contributed by atoms with Gasteiger partial charge in [0, 0.05) is 18.0 Å². The van der Waals surface area contributed by atoms with Gasteiger partial charge in [-0.3, -0.25) is 4.79 Å². The first kappa shape index (κ1) is 17.3. The summed E-state index contributed by atoms with van der Waals surface area (Å²) in [5, 5.41) is 3.19. The van der Waals surface area contributed by atoms with Crippen LogP contribution in [0.3, 0.4) is 0 Å². The average molecular weight is 315 g/mol. The maximum Gasteiger partial charge on any atom is 0.232 e. The summed E-state index contributed by atoms with van der Waals surface area (Å²) in [6, 6.07) is 8.35. The van der Waals surface area contributed by atoms with Crippen molar-refractivity contribution in [2.75, 3.05) is 32.4 Å². The molecule has 20 heavy (non-hydrogen) atoms. The summed E-state index contributed by atoms with van der Waals surface area (Å²) in [7, 11) is 1.97. The van der Waals surface area contributed by atoms with Gasteiger partial charge in [-0.15, -0.1) is 24.2 Å².